The van der Waals surface area contributed by atoms with Crippen molar-refractivity contribution in [1.29, 1.82) is 0 Å². The molecular formula is C20H19N3O. The van der Waals surface area contributed by atoms with Gasteiger partial charge in [-0.3, -0.25) is 4.79 Å². The molecule has 1 amide bonds. The summed E-state index contributed by atoms with van der Waals surface area (Å²) in [5, 5.41) is 7.57. The molecule has 120 valence electrons. The van der Waals surface area contributed by atoms with Crippen LogP contribution in [0.25, 0.3) is 5.69 Å². The van der Waals surface area contributed by atoms with Crippen molar-refractivity contribution < 1.29 is 4.79 Å². The molecule has 4 heteroatoms. The van der Waals surface area contributed by atoms with Gasteiger partial charge in [0.05, 0.1) is 11.9 Å². The summed E-state index contributed by atoms with van der Waals surface area (Å²) in [6.45, 7) is 4.12. The zero-order valence-electron chi connectivity index (χ0n) is 13.8. The molecule has 4 rings (SSSR count). The normalized spacial score (nSPS) is 16.6. The standard InChI is InChI=1S/C20H19N3O/c1-13-7-9-15(10-8-13)16-11-19(24)22-20-17(16)12-21-23(20)18-6-4-3-5-14(18)2/h3-10,12,16H,11H2,1-2H3,(H,22,24). The van der Waals surface area contributed by atoms with Gasteiger partial charge >= 0.3 is 0 Å². The molecule has 1 aliphatic heterocycles. The number of nitrogens with one attached hydrogen (secondary N) is 1. The lowest BCUT2D eigenvalue weighted by Gasteiger charge is -2.24. The van der Waals surface area contributed by atoms with Gasteiger partial charge in [0.1, 0.15) is 5.82 Å². The number of nitrogens with zero attached hydrogens (tertiary/aromatic N) is 2. The zero-order chi connectivity index (χ0) is 16.7. The summed E-state index contributed by atoms with van der Waals surface area (Å²) in [7, 11) is 0. The van der Waals surface area contributed by atoms with E-state index < -0.39 is 0 Å². The number of aryl methyl sites for hydroxylation is 2. The topological polar surface area (TPSA) is 46.9 Å². The Balaban J connectivity index is 1.83. The van der Waals surface area contributed by atoms with Crippen LogP contribution in [0.2, 0.25) is 0 Å². The number of rotatable bonds is 2. The monoisotopic (exact) mass is 317 g/mol. The summed E-state index contributed by atoms with van der Waals surface area (Å²) < 4.78 is 1.84. The molecule has 1 unspecified atom stereocenters. The predicted octanol–water partition coefficient (Wildman–Crippen LogP) is 3.96. The van der Waals surface area contributed by atoms with Gasteiger partial charge in [-0.05, 0) is 31.0 Å². The summed E-state index contributed by atoms with van der Waals surface area (Å²) in [4.78, 5) is 12.3. The first-order valence-electron chi connectivity index (χ1n) is 8.14. The number of anilines is 1. The molecule has 0 saturated carbocycles. The average molecular weight is 317 g/mol. The summed E-state index contributed by atoms with van der Waals surface area (Å²) in [6.07, 6.45) is 2.33. The molecule has 1 aliphatic rings. The van der Waals surface area contributed by atoms with Crippen molar-refractivity contribution in [2.45, 2.75) is 26.2 Å². The van der Waals surface area contributed by atoms with Crippen LogP contribution in [0.3, 0.4) is 0 Å². The first-order chi connectivity index (χ1) is 11.6. The van der Waals surface area contributed by atoms with Gasteiger partial charge in [0, 0.05) is 17.9 Å². The highest BCUT2D eigenvalue weighted by molar-refractivity contribution is 5.94. The van der Waals surface area contributed by atoms with E-state index >= 15 is 0 Å². The van der Waals surface area contributed by atoms with E-state index in [1.54, 1.807) is 0 Å². The van der Waals surface area contributed by atoms with Crippen molar-refractivity contribution in [3.63, 3.8) is 0 Å². The minimum atomic E-state index is 0.0309. The van der Waals surface area contributed by atoms with Crippen molar-refractivity contribution in [3.8, 4) is 5.69 Å². The molecule has 2 aromatic carbocycles. The van der Waals surface area contributed by atoms with Crippen LogP contribution in [0, 0.1) is 13.8 Å². The fraction of sp³-hybridized carbons (Fsp3) is 0.200. The first kappa shape index (κ1) is 14.7. The lowest BCUT2D eigenvalue weighted by atomic mass is 9.87. The molecule has 24 heavy (non-hydrogen) atoms. The summed E-state index contributed by atoms with van der Waals surface area (Å²) >= 11 is 0. The van der Waals surface area contributed by atoms with Crippen LogP contribution in [-0.2, 0) is 4.79 Å². The quantitative estimate of drug-likeness (QED) is 0.777. The van der Waals surface area contributed by atoms with E-state index in [2.05, 4.69) is 41.6 Å². The Kier molecular flexibility index (Phi) is 3.45. The number of fused-ring (bicyclic) bond motifs is 1. The molecule has 1 atom stereocenters. The van der Waals surface area contributed by atoms with Gasteiger partial charge in [0.25, 0.3) is 0 Å². The number of amides is 1. The van der Waals surface area contributed by atoms with Crippen LogP contribution in [-0.4, -0.2) is 15.7 Å². The number of benzene rings is 2. The lowest BCUT2D eigenvalue weighted by Crippen LogP contribution is -2.24. The third kappa shape index (κ3) is 2.40. The Morgan fingerprint density at radius 1 is 1.08 bits per heavy atom. The second-order valence-corrected chi connectivity index (χ2v) is 6.36. The van der Waals surface area contributed by atoms with Crippen molar-refractivity contribution in [3.05, 3.63) is 77.0 Å². The van der Waals surface area contributed by atoms with Crippen LogP contribution in [0.4, 0.5) is 5.82 Å². The molecular weight excluding hydrogens is 298 g/mol. The molecule has 0 saturated heterocycles. The van der Waals surface area contributed by atoms with Crippen LogP contribution < -0.4 is 5.32 Å². The number of hydrogen-bond acceptors (Lipinski definition) is 2. The Morgan fingerprint density at radius 3 is 2.58 bits per heavy atom. The molecule has 1 N–H and O–H groups in total. The van der Waals surface area contributed by atoms with E-state index in [4.69, 9.17) is 0 Å². The number of para-hydroxylation sites is 1. The minimum absolute atomic E-state index is 0.0309. The lowest BCUT2D eigenvalue weighted by molar-refractivity contribution is -0.116. The highest BCUT2D eigenvalue weighted by Gasteiger charge is 2.30. The van der Waals surface area contributed by atoms with Crippen LogP contribution in [0.15, 0.2) is 54.7 Å². The second kappa shape index (κ2) is 5.64. The maximum absolute atomic E-state index is 12.3. The van der Waals surface area contributed by atoms with E-state index in [0.29, 0.717) is 6.42 Å². The molecule has 0 fully saturated rings. The fourth-order valence-corrected chi connectivity index (χ4v) is 3.30. The summed E-state index contributed by atoms with van der Waals surface area (Å²) in [5.41, 5.74) is 5.55. The van der Waals surface area contributed by atoms with E-state index in [9.17, 15) is 4.79 Å². The second-order valence-electron chi connectivity index (χ2n) is 6.36. The van der Waals surface area contributed by atoms with Gasteiger partial charge in [0.15, 0.2) is 0 Å². The smallest absolute Gasteiger partial charge is 0.226 e. The predicted molar refractivity (Wildman–Crippen MR) is 94.6 cm³/mol. The van der Waals surface area contributed by atoms with E-state index in [1.807, 2.05) is 42.1 Å². The minimum Gasteiger partial charge on any atom is -0.310 e. The van der Waals surface area contributed by atoms with E-state index in [0.717, 1.165) is 28.2 Å². The third-order valence-electron chi connectivity index (χ3n) is 4.64. The average Bonchev–Trinajstić information content (AvgIpc) is 2.99. The highest BCUT2D eigenvalue weighted by atomic mass is 16.1. The third-order valence-corrected chi connectivity index (χ3v) is 4.64. The Bertz CT molecular complexity index is 909. The maximum Gasteiger partial charge on any atom is 0.226 e. The highest BCUT2D eigenvalue weighted by Crippen LogP contribution is 2.38. The van der Waals surface area contributed by atoms with Gasteiger partial charge < -0.3 is 5.32 Å². The van der Waals surface area contributed by atoms with Gasteiger partial charge in [-0.1, -0.05) is 48.0 Å². The maximum atomic E-state index is 12.3. The Morgan fingerprint density at radius 2 is 1.83 bits per heavy atom. The van der Waals surface area contributed by atoms with Crippen molar-refractivity contribution in [2.75, 3.05) is 5.32 Å². The molecule has 0 bridgehead atoms. The zero-order valence-corrected chi connectivity index (χ0v) is 13.8. The number of carbonyl (C=O) groups excluding carboxylic acids is 1. The fourth-order valence-electron chi connectivity index (χ4n) is 3.30. The molecule has 0 radical (unpaired) electrons. The molecule has 3 aromatic rings. The molecule has 4 nitrogen and oxygen atoms in total. The van der Waals surface area contributed by atoms with E-state index in [-0.39, 0.29) is 11.8 Å². The number of aromatic nitrogens is 2. The Hall–Kier alpha value is -2.88. The van der Waals surface area contributed by atoms with Crippen LogP contribution in [0.5, 0.6) is 0 Å². The van der Waals surface area contributed by atoms with Gasteiger partial charge in [-0.25, -0.2) is 4.68 Å². The van der Waals surface area contributed by atoms with Crippen molar-refractivity contribution >= 4 is 11.7 Å². The molecule has 2 heterocycles. The van der Waals surface area contributed by atoms with Crippen LogP contribution >= 0.6 is 0 Å². The summed E-state index contributed by atoms with van der Waals surface area (Å²) in [5.74, 6) is 0.863. The Labute approximate surface area is 141 Å². The van der Waals surface area contributed by atoms with Crippen molar-refractivity contribution in [2.24, 2.45) is 0 Å². The molecule has 0 spiro atoms. The van der Waals surface area contributed by atoms with Gasteiger partial charge in [-0.15, -0.1) is 0 Å². The van der Waals surface area contributed by atoms with Gasteiger partial charge in [-0.2, -0.15) is 5.10 Å². The van der Waals surface area contributed by atoms with E-state index in [1.165, 1.54) is 5.56 Å². The first-order valence-corrected chi connectivity index (χ1v) is 8.14. The van der Waals surface area contributed by atoms with Crippen LogP contribution in [0.1, 0.15) is 34.6 Å². The molecule has 0 aliphatic carbocycles. The number of hydrogen-bond donors (Lipinski definition) is 1. The summed E-state index contributed by atoms with van der Waals surface area (Å²) in [6, 6.07) is 16.4. The number of carbonyl (C=O) groups is 1. The van der Waals surface area contributed by atoms with Crippen molar-refractivity contribution in [1.82, 2.24) is 9.78 Å². The largest absolute Gasteiger partial charge is 0.310 e. The van der Waals surface area contributed by atoms with Gasteiger partial charge in [0.2, 0.25) is 5.91 Å². The SMILES string of the molecule is Cc1ccc(C2CC(=O)Nc3c2cnn3-c2ccccc2C)cc1. The molecule has 1 aromatic heterocycles.